The zero-order valence-electron chi connectivity index (χ0n) is 9.57. The second-order valence-corrected chi connectivity index (χ2v) is 3.75. The maximum atomic E-state index is 11.1. The number of ether oxygens (including phenoxy) is 1. The molecular weight excluding hydrogens is 188 g/mol. The zero-order valence-corrected chi connectivity index (χ0v) is 9.57. The molecule has 1 aromatic carbocycles. The molecule has 0 spiro atoms. The van der Waals surface area contributed by atoms with Crippen LogP contribution >= 0.6 is 0 Å². The molecule has 2 atom stereocenters. The third kappa shape index (κ3) is 3.39. The average Bonchev–Trinajstić information content (AvgIpc) is 2.29. The Hall–Kier alpha value is -1.31. The van der Waals surface area contributed by atoms with Crippen LogP contribution in [0, 0.1) is 0 Å². The third-order valence-electron chi connectivity index (χ3n) is 2.64. The Balaban J connectivity index is 2.61. The smallest absolute Gasteiger partial charge is 0.305 e. The highest BCUT2D eigenvalue weighted by Crippen LogP contribution is 2.21. The van der Waals surface area contributed by atoms with Crippen molar-refractivity contribution in [3.8, 4) is 0 Å². The van der Waals surface area contributed by atoms with Crippen LogP contribution < -0.4 is 0 Å². The van der Waals surface area contributed by atoms with E-state index in [0.29, 0.717) is 6.42 Å². The number of benzene rings is 1. The van der Waals surface area contributed by atoms with Gasteiger partial charge in [-0.05, 0) is 12.5 Å². The predicted molar refractivity (Wildman–Crippen MR) is 60.7 cm³/mol. The Kier molecular flexibility index (Phi) is 4.35. The Morgan fingerprint density at radius 3 is 2.40 bits per heavy atom. The first-order chi connectivity index (χ1) is 7.15. The summed E-state index contributed by atoms with van der Waals surface area (Å²) in [4.78, 5) is 11.1. The van der Waals surface area contributed by atoms with E-state index >= 15 is 0 Å². The van der Waals surface area contributed by atoms with Gasteiger partial charge in [0, 0.05) is 12.3 Å². The van der Waals surface area contributed by atoms with Crippen molar-refractivity contribution >= 4 is 5.97 Å². The van der Waals surface area contributed by atoms with Crippen molar-refractivity contribution in [3.05, 3.63) is 35.9 Å². The van der Waals surface area contributed by atoms with Crippen LogP contribution in [0.4, 0.5) is 0 Å². The summed E-state index contributed by atoms with van der Waals surface area (Å²) in [5.41, 5.74) is 1.20. The van der Waals surface area contributed by atoms with Crippen LogP contribution in [0.3, 0.4) is 0 Å². The zero-order chi connectivity index (χ0) is 11.3. The molecule has 0 bridgehead atoms. The lowest BCUT2D eigenvalue weighted by Gasteiger charge is -2.20. The van der Waals surface area contributed by atoms with Crippen LogP contribution in [0.25, 0.3) is 0 Å². The summed E-state index contributed by atoms with van der Waals surface area (Å²) in [7, 11) is 0. The summed E-state index contributed by atoms with van der Waals surface area (Å²) >= 11 is 0. The van der Waals surface area contributed by atoms with Crippen molar-refractivity contribution in [1.29, 1.82) is 0 Å². The van der Waals surface area contributed by atoms with Crippen LogP contribution in [0.1, 0.15) is 38.7 Å². The largest absolute Gasteiger partial charge is 0.462 e. The third-order valence-corrected chi connectivity index (χ3v) is 2.64. The van der Waals surface area contributed by atoms with Gasteiger partial charge in [0.05, 0.1) is 0 Å². The maximum absolute atomic E-state index is 11.1. The fraction of sp³-hybridized carbons (Fsp3) is 0.462. The van der Waals surface area contributed by atoms with E-state index < -0.39 is 0 Å². The van der Waals surface area contributed by atoms with E-state index in [9.17, 15) is 4.79 Å². The van der Waals surface area contributed by atoms with E-state index in [-0.39, 0.29) is 18.0 Å². The Morgan fingerprint density at radius 1 is 1.27 bits per heavy atom. The van der Waals surface area contributed by atoms with Gasteiger partial charge >= 0.3 is 5.97 Å². The highest BCUT2D eigenvalue weighted by molar-refractivity contribution is 5.69. The molecule has 0 radical (unpaired) electrons. The topological polar surface area (TPSA) is 26.3 Å². The van der Waals surface area contributed by atoms with E-state index in [1.807, 2.05) is 32.0 Å². The van der Waals surface area contributed by atoms with Gasteiger partial charge in [-0.15, -0.1) is 0 Å². The Bertz CT molecular complexity index is 306. The maximum Gasteiger partial charge on any atom is 0.305 e. The van der Waals surface area contributed by atoms with Gasteiger partial charge in [-0.25, -0.2) is 0 Å². The lowest BCUT2D eigenvalue weighted by molar-refractivity contribution is -0.148. The molecule has 0 saturated heterocycles. The molecule has 0 fully saturated rings. The number of rotatable bonds is 4. The normalized spacial score (nSPS) is 14.3. The van der Waals surface area contributed by atoms with Crippen LogP contribution in [-0.4, -0.2) is 12.1 Å². The summed E-state index contributed by atoms with van der Waals surface area (Å²) < 4.78 is 5.28. The molecule has 1 aromatic rings. The fourth-order valence-electron chi connectivity index (χ4n) is 1.42. The minimum absolute atomic E-state index is 0.0696. The lowest BCUT2D eigenvalue weighted by Crippen LogP contribution is -2.20. The van der Waals surface area contributed by atoms with Crippen molar-refractivity contribution in [1.82, 2.24) is 0 Å². The van der Waals surface area contributed by atoms with Gasteiger partial charge in [-0.1, -0.05) is 44.2 Å². The molecular formula is C13H18O2. The van der Waals surface area contributed by atoms with E-state index in [1.165, 1.54) is 5.56 Å². The predicted octanol–water partition coefficient (Wildman–Crippen LogP) is 3.13. The molecule has 15 heavy (non-hydrogen) atoms. The Labute approximate surface area is 91.3 Å². The average molecular weight is 206 g/mol. The van der Waals surface area contributed by atoms with Crippen LogP contribution in [-0.2, 0) is 9.53 Å². The van der Waals surface area contributed by atoms with Gasteiger partial charge in [0.25, 0.3) is 0 Å². The number of carbonyl (C=O) groups excluding carboxylic acids is 1. The molecule has 0 aliphatic carbocycles. The minimum atomic E-state index is -0.134. The van der Waals surface area contributed by atoms with Gasteiger partial charge in [0.2, 0.25) is 0 Å². The minimum Gasteiger partial charge on any atom is -0.462 e. The lowest BCUT2D eigenvalue weighted by atomic mass is 9.96. The van der Waals surface area contributed by atoms with Gasteiger partial charge in [-0.2, -0.15) is 0 Å². The first-order valence-electron chi connectivity index (χ1n) is 5.39. The van der Waals surface area contributed by atoms with Gasteiger partial charge in [0.1, 0.15) is 6.10 Å². The van der Waals surface area contributed by atoms with Gasteiger partial charge in [-0.3, -0.25) is 4.79 Å². The molecule has 0 N–H and O–H groups in total. The van der Waals surface area contributed by atoms with Gasteiger partial charge < -0.3 is 4.74 Å². The summed E-state index contributed by atoms with van der Waals surface area (Å²) in [6.45, 7) is 5.82. The Morgan fingerprint density at radius 2 is 1.87 bits per heavy atom. The summed E-state index contributed by atoms with van der Waals surface area (Å²) in [5, 5.41) is 0. The standard InChI is InChI=1S/C13H18O2/c1-4-13(14)15-11(3)10(2)12-8-6-5-7-9-12/h5-11H,4H2,1-3H3/t10-,11+/m1/s1. The quantitative estimate of drug-likeness (QED) is 0.707. The van der Waals surface area contributed by atoms with Crippen LogP contribution in [0.2, 0.25) is 0 Å². The summed E-state index contributed by atoms with van der Waals surface area (Å²) in [5.74, 6) is 0.104. The SMILES string of the molecule is CCC(=O)O[C@@H](C)[C@@H](C)c1ccccc1. The fourth-order valence-corrected chi connectivity index (χ4v) is 1.42. The molecule has 2 nitrogen and oxygen atoms in total. The van der Waals surface area contributed by atoms with E-state index in [0.717, 1.165) is 0 Å². The number of hydrogen-bond acceptors (Lipinski definition) is 2. The second-order valence-electron chi connectivity index (χ2n) is 3.75. The molecule has 0 amide bonds. The van der Waals surface area contributed by atoms with Crippen molar-refractivity contribution in [3.63, 3.8) is 0 Å². The van der Waals surface area contributed by atoms with E-state index in [4.69, 9.17) is 4.74 Å². The molecule has 0 unspecified atom stereocenters. The number of carbonyl (C=O) groups is 1. The number of hydrogen-bond donors (Lipinski definition) is 0. The number of esters is 1. The monoisotopic (exact) mass is 206 g/mol. The summed E-state index contributed by atoms with van der Waals surface area (Å²) in [6, 6.07) is 10.1. The molecule has 0 aliphatic heterocycles. The highest BCUT2D eigenvalue weighted by Gasteiger charge is 2.17. The van der Waals surface area contributed by atoms with Crippen molar-refractivity contribution < 1.29 is 9.53 Å². The molecule has 0 heterocycles. The van der Waals surface area contributed by atoms with E-state index in [1.54, 1.807) is 0 Å². The van der Waals surface area contributed by atoms with Crippen LogP contribution in [0.5, 0.6) is 0 Å². The molecule has 0 aliphatic rings. The molecule has 0 aromatic heterocycles. The molecule has 2 heteroatoms. The van der Waals surface area contributed by atoms with Gasteiger partial charge in [0.15, 0.2) is 0 Å². The van der Waals surface area contributed by atoms with Crippen LogP contribution in [0.15, 0.2) is 30.3 Å². The van der Waals surface area contributed by atoms with Crippen molar-refractivity contribution in [2.45, 2.75) is 39.2 Å². The van der Waals surface area contributed by atoms with Crippen molar-refractivity contribution in [2.24, 2.45) is 0 Å². The first-order valence-corrected chi connectivity index (χ1v) is 5.39. The molecule has 82 valence electrons. The second kappa shape index (κ2) is 5.54. The molecule has 0 saturated carbocycles. The first kappa shape index (κ1) is 11.8. The van der Waals surface area contributed by atoms with E-state index in [2.05, 4.69) is 19.1 Å². The summed E-state index contributed by atoms with van der Waals surface area (Å²) in [6.07, 6.45) is 0.367. The van der Waals surface area contributed by atoms with Crippen molar-refractivity contribution in [2.75, 3.05) is 0 Å². The molecule has 1 rings (SSSR count). The highest BCUT2D eigenvalue weighted by atomic mass is 16.5.